The van der Waals surface area contributed by atoms with Gasteiger partial charge in [-0.3, -0.25) is 14.5 Å². The van der Waals surface area contributed by atoms with E-state index in [0.717, 1.165) is 21.6 Å². The predicted octanol–water partition coefficient (Wildman–Crippen LogP) is 1.37. The Hall–Kier alpha value is -2.37. The van der Waals surface area contributed by atoms with Gasteiger partial charge in [-0.25, -0.2) is 4.79 Å². The van der Waals surface area contributed by atoms with E-state index in [9.17, 15) is 14.4 Å². The molecule has 0 spiro atoms. The molecule has 1 heterocycles. The van der Waals surface area contributed by atoms with Gasteiger partial charge in [-0.1, -0.05) is 23.8 Å². The first-order chi connectivity index (χ1) is 9.40. The third-order valence-electron chi connectivity index (χ3n) is 3.32. The number of urea groups is 1. The summed E-state index contributed by atoms with van der Waals surface area (Å²) in [6.07, 6.45) is -0.251. The zero-order chi connectivity index (χ0) is 14.9. The lowest BCUT2D eigenvalue weighted by molar-refractivity contribution is -0.137. The number of nitrogens with one attached hydrogen (secondary N) is 1. The number of aryl methyl sites for hydroxylation is 2. The van der Waals surface area contributed by atoms with E-state index < -0.39 is 23.9 Å². The van der Waals surface area contributed by atoms with Crippen LogP contribution in [-0.2, 0) is 9.59 Å². The van der Waals surface area contributed by atoms with Crippen LogP contribution in [0.3, 0.4) is 0 Å². The third kappa shape index (κ3) is 2.64. The number of nitrogens with zero attached hydrogens (tertiary/aromatic N) is 1. The van der Waals surface area contributed by atoms with Crippen molar-refractivity contribution in [3.8, 4) is 0 Å². The van der Waals surface area contributed by atoms with Gasteiger partial charge in [0.2, 0.25) is 0 Å². The molecular formula is C14H16N2O4. The molecule has 1 unspecified atom stereocenters. The molecule has 0 bridgehead atoms. The van der Waals surface area contributed by atoms with Crippen LogP contribution in [0.4, 0.5) is 4.79 Å². The van der Waals surface area contributed by atoms with E-state index in [1.165, 1.54) is 0 Å². The van der Waals surface area contributed by atoms with Crippen LogP contribution >= 0.6 is 0 Å². The lowest BCUT2D eigenvalue weighted by Crippen LogP contribution is -2.32. The van der Waals surface area contributed by atoms with E-state index in [-0.39, 0.29) is 13.0 Å². The quantitative estimate of drug-likeness (QED) is 0.813. The molecule has 6 nitrogen and oxygen atoms in total. The molecular weight excluding hydrogens is 260 g/mol. The second-order valence-corrected chi connectivity index (χ2v) is 4.88. The maximum atomic E-state index is 12.2. The molecule has 1 aromatic carbocycles. The highest BCUT2D eigenvalue weighted by molar-refractivity contribution is 6.05. The first-order valence-corrected chi connectivity index (χ1v) is 6.31. The van der Waals surface area contributed by atoms with Crippen molar-refractivity contribution in [2.45, 2.75) is 26.3 Å². The van der Waals surface area contributed by atoms with Gasteiger partial charge in [0, 0.05) is 6.54 Å². The molecule has 106 valence electrons. The maximum Gasteiger partial charge on any atom is 0.325 e. The maximum absolute atomic E-state index is 12.2. The molecule has 20 heavy (non-hydrogen) atoms. The molecule has 0 aliphatic carbocycles. The molecule has 1 aromatic rings. The molecule has 2 rings (SSSR count). The molecule has 0 radical (unpaired) electrons. The Balaban J connectivity index is 2.23. The fourth-order valence-electron chi connectivity index (χ4n) is 2.22. The minimum Gasteiger partial charge on any atom is -0.481 e. The Kier molecular flexibility index (Phi) is 3.74. The van der Waals surface area contributed by atoms with Crippen LogP contribution < -0.4 is 5.32 Å². The summed E-state index contributed by atoms with van der Waals surface area (Å²) >= 11 is 0. The fourth-order valence-corrected chi connectivity index (χ4v) is 2.22. The molecule has 1 fully saturated rings. The lowest BCUT2D eigenvalue weighted by Gasteiger charge is -2.13. The highest BCUT2D eigenvalue weighted by Crippen LogP contribution is 2.25. The molecule has 1 saturated heterocycles. The summed E-state index contributed by atoms with van der Waals surface area (Å²) in [5.74, 6) is -1.44. The van der Waals surface area contributed by atoms with E-state index in [4.69, 9.17) is 5.11 Å². The SMILES string of the molecule is Cc1ccc(C)c(C2NC(=O)N(CCC(=O)O)C2=O)c1. The number of carbonyl (C=O) groups excluding carboxylic acids is 2. The summed E-state index contributed by atoms with van der Waals surface area (Å²) in [6.45, 7) is 3.67. The van der Waals surface area contributed by atoms with E-state index in [2.05, 4.69) is 5.32 Å². The molecule has 2 N–H and O–H groups in total. The summed E-state index contributed by atoms with van der Waals surface area (Å²) < 4.78 is 0. The van der Waals surface area contributed by atoms with Crippen molar-refractivity contribution >= 4 is 17.9 Å². The van der Waals surface area contributed by atoms with Gasteiger partial charge in [0.05, 0.1) is 6.42 Å². The number of carboxylic acid groups (broad SMARTS) is 1. The molecule has 0 aromatic heterocycles. The van der Waals surface area contributed by atoms with Gasteiger partial charge in [0.15, 0.2) is 0 Å². The van der Waals surface area contributed by atoms with Crippen molar-refractivity contribution in [2.24, 2.45) is 0 Å². The van der Waals surface area contributed by atoms with E-state index >= 15 is 0 Å². The van der Waals surface area contributed by atoms with Crippen LogP contribution in [0, 0.1) is 13.8 Å². The van der Waals surface area contributed by atoms with Crippen molar-refractivity contribution in [1.82, 2.24) is 10.2 Å². The van der Waals surface area contributed by atoms with Crippen LogP contribution in [0.5, 0.6) is 0 Å². The number of amides is 3. The van der Waals surface area contributed by atoms with Crippen LogP contribution in [0.15, 0.2) is 18.2 Å². The second-order valence-electron chi connectivity index (χ2n) is 4.88. The van der Waals surface area contributed by atoms with Crippen LogP contribution in [-0.4, -0.2) is 34.5 Å². The minimum absolute atomic E-state index is 0.110. The summed E-state index contributed by atoms with van der Waals surface area (Å²) in [4.78, 5) is 35.5. The van der Waals surface area contributed by atoms with E-state index in [0.29, 0.717) is 0 Å². The average Bonchev–Trinajstić information content (AvgIpc) is 2.65. The summed E-state index contributed by atoms with van der Waals surface area (Å²) in [6, 6.07) is 4.42. The highest BCUT2D eigenvalue weighted by Gasteiger charge is 2.39. The topological polar surface area (TPSA) is 86.7 Å². The fraction of sp³-hybridized carbons (Fsp3) is 0.357. The van der Waals surface area contributed by atoms with Crippen LogP contribution in [0.2, 0.25) is 0 Å². The second kappa shape index (κ2) is 5.32. The summed E-state index contributed by atoms with van der Waals surface area (Å²) in [5.41, 5.74) is 2.66. The Morgan fingerprint density at radius 2 is 2.05 bits per heavy atom. The standard InChI is InChI=1S/C14H16N2O4/c1-8-3-4-9(2)10(7-8)12-13(19)16(14(20)15-12)6-5-11(17)18/h3-4,7,12H,5-6H2,1-2H3,(H,15,20)(H,17,18). The zero-order valence-electron chi connectivity index (χ0n) is 11.3. The third-order valence-corrected chi connectivity index (χ3v) is 3.32. The molecule has 3 amide bonds. The van der Waals surface area contributed by atoms with Crippen molar-refractivity contribution in [3.63, 3.8) is 0 Å². The monoisotopic (exact) mass is 276 g/mol. The smallest absolute Gasteiger partial charge is 0.325 e. The number of rotatable bonds is 4. The molecule has 1 atom stereocenters. The van der Waals surface area contributed by atoms with Gasteiger partial charge < -0.3 is 10.4 Å². The number of imide groups is 1. The van der Waals surface area contributed by atoms with Crippen LogP contribution in [0.25, 0.3) is 0 Å². The van der Waals surface area contributed by atoms with Crippen LogP contribution in [0.1, 0.15) is 29.2 Å². The Morgan fingerprint density at radius 3 is 2.70 bits per heavy atom. The van der Waals surface area contributed by atoms with Crippen molar-refractivity contribution in [1.29, 1.82) is 0 Å². The van der Waals surface area contributed by atoms with Crippen molar-refractivity contribution < 1.29 is 19.5 Å². The van der Waals surface area contributed by atoms with Gasteiger partial charge in [-0.2, -0.15) is 0 Å². The normalized spacial score (nSPS) is 18.3. The number of carboxylic acids is 1. The van der Waals surface area contributed by atoms with Crippen molar-refractivity contribution in [2.75, 3.05) is 6.54 Å². The number of carbonyl (C=O) groups is 3. The number of hydrogen-bond acceptors (Lipinski definition) is 3. The van der Waals surface area contributed by atoms with E-state index in [1.807, 2.05) is 32.0 Å². The molecule has 6 heteroatoms. The number of hydrogen-bond donors (Lipinski definition) is 2. The molecule has 1 aliphatic rings. The first kappa shape index (κ1) is 14.0. The number of aliphatic carboxylic acids is 1. The molecule has 1 aliphatic heterocycles. The minimum atomic E-state index is -1.04. The largest absolute Gasteiger partial charge is 0.481 e. The lowest BCUT2D eigenvalue weighted by atomic mass is 9.99. The first-order valence-electron chi connectivity index (χ1n) is 6.31. The highest BCUT2D eigenvalue weighted by atomic mass is 16.4. The van der Waals surface area contributed by atoms with Gasteiger partial charge in [0.25, 0.3) is 5.91 Å². The van der Waals surface area contributed by atoms with Gasteiger partial charge in [-0.05, 0) is 25.0 Å². The van der Waals surface area contributed by atoms with Gasteiger partial charge in [-0.15, -0.1) is 0 Å². The summed E-state index contributed by atoms with van der Waals surface area (Å²) in [5, 5.41) is 11.2. The zero-order valence-corrected chi connectivity index (χ0v) is 11.3. The van der Waals surface area contributed by atoms with E-state index in [1.54, 1.807) is 0 Å². The Bertz CT molecular complexity index is 583. The van der Waals surface area contributed by atoms with Gasteiger partial charge in [0.1, 0.15) is 6.04 Å². The molecule has 0 saturated carbocycles. The Labute approximate surface area is 116 Å². The van der Waals surface area contributed by atoms with Crippen molar-refractivity contribution in [3.05, 3.63) is 34.9 Å². The average molecular weight is 276 g/mol. The van der Waals surface area contributed by atoms with Gasteiger partial charge >= 0.3 is 12.0 Å². The Morgan fingerprint density at radius 1 is 1.35 bits per heavy atom. The number of benzene rings is 1. The predicted molar refractivity (Wildman–Crippen MR) is 71.2 cm³/mol. The summed E-state index contributed by atoms with van der Waals surface area (Å²) in [7, 11) is 0.